The van der Waals surface area contributed by atoms with Crippen LogP contribution in [0.3, 0.4) is 0 Å². The molecule has 20 heavy (non-hydrogen) atoms. The van der Waals surface area contributed by atoms with Crippen LogP contribution in [0.2, 0.25) is 0 Å². The molecule has 0 bridgehead atoms. The number of carbonyl (C=O) groups excluding carboxylic acids is 1. The van der Waals surface area contributed by atoms with E-state index in [-0.39, 0.29) is 11.9 Å². The normalized spacial score (nSPS) is 38.5. The third-order valence-corrected chi connectivity index (χ3v) is 5.60. The summed E-state index contributed by atoms with van der Waals surface area (Å²) in [5.41, 5.74) is 6.14. The fourth-order valence-corrected chi connectivity index (χ4v) is 4.37. The highest BCUT2D eigenvalue weighted by Gasteiger charge is 2.32. The first-order valence-corrected chi connectivity index (χ1v) is 8.51. The van der Waals surface area contributed by atoms with Crippen molar-refractivity contribution in [1.29, 1.82) is 0 Å². The zero-order valence-electron chi connectivity index (χ0n) is 12.5. The van der Waals surface area contributed by atoms with Crippen molar-refractivity contribution >= 4 is 5.91 Å². The molecule has 4 nitrogen and oxygen atoms in total. The lowest BCUT2D eigenvalue weighted by Gasteiger charge is -2.35. The molecule has 2 saturated heterocycles. The second kappa shape index (κ2) is 6.44. The first-order chi connectivity index (χ1) is 9.72. The van der Waals surface area contributed by atoms with E-state index >= 15 is 0 Å². The topological polar surface area (TPSA) is 58.4 Å². The molecule has 114 valence electrons. The Labute approximate surface area is 122 Å². The second-order valence-corrected chi connectivity index (χ2v) is 7.03. The summed E-state index contributed by atoms with van der Waals surface area (Å²) in [5, 5.41) is 3.28. The molecule has 0 radical (unpaired) electrons. The monoisotopic (exact) mass is 279 g/mol. The van der Waals surface area contributed by atoms with Gasteiger partial charge >= 0.3 is 0 Å². The summed E-state index contributed by atoms with van der Waals surface area (Å²) in [6, 6.07) is 1.37. The lowest BCUT2D eigenvalue weighted by Crippen LogP contribution is -2.48. The number of nitrogens with zero attached hydrogens (tertiary/aromatic N) is 1. The summed E-state index contributed by atoms with van der Waals surface area (Å²) in [6.07, 6.45) is 10.3. The molecule has 4 atom stereocenters. The van der Waals surface area contributed by atoms with Crippen LogP contribution in [0.5, 0.6) is 0 Å². The van der Waals surface area contributed by atoms with Crippen LogP contribution in [-0.4, -0.2) is 42.0 Å². The minimum atomic E-state index is 0.240. The first-order valence-electron chi connectivity index (χ1n) is 8.51. The van der Waals surface area contributed by atoms with E-state index in [1.807, 2.05) is 0 Å². The van der Waals surface area contributed by atoms with Crippen LogP contribution in [0.4, 0.5) is 0 Å². The molecule has 2 heterocycles. The molecule has 2 aliphatic heterocycles. The first kappa shape index (κ1) is 14.3. The summed E-state index contributed by atoms with van der Waals surface area (Å²) in [4.78, 5) is 14.8. The minimum Gasteiger partial charge on any atom is -0.353 e. The molecular weight excluding hydrogens is 250 g/mol. The van der Waals surface area contributed by atoms with Crippen molar-refractivity contribution in [2.45, 2.75) is 75.9 Å². The van der Waals surface area contributed by atoms with Gasteiger partial charge in [-0.3, -0.25) is 4.79 Å². The second-order valence-electron chi connectivity index (χ2n) is 7.03. The predicted molar refractivity (Wildman–Crippen MR) is 80.3 cm³/mol. The smallest absolute Gasteiger partial charge is 0.220 e. The number of nitrogens with one attached hydrogen (secondary N) is 1. The Kier molecular flexibility index (Phi) is 4.61. The van der Waals surface area contributed by atoms with Gasteiger partial charge in [0.1, 0.15) is 0 Å². The molecule has 0 aromatic carbocycles. The van der Waals surface area contributed by atoms with Gasteiger partial charge in [0.25, 0.3) is 0 Å². The van der Waals surface area contributed by atoms with E-state index in [0.717, 1.165) is 31.7 Å². The van der Waals surface area contributed by atoms with Crippen LogP contribution < -0.4 is 11.1 Å². The molecule has 4 unspecified atom stereocenters. The summed E-state index contributed by atoms with van der Waals surface area (Å²) in [5.74, 6) is 0.652. The molecule has 0 aromatic heterocycles. The van der Waals surface area contributed by atoms with E-state index in [9.17, 15) is 4.79 Å². The van der Waals surface area contributed by atoms with E-state index < -0.39 is 0 Å². The van der Waals surface area contributed by atoms with Crippen LogP contribution in [0.15, 0.2) is 0 Å². The Morgan fingerprint density at radius 1 is 1.10 bits per heavy atom. The van der Waals surface area contributed by atoms with E-state index in [4.69, 9.17) is 5.73 Å². The van der Waals surface area contributed by atoms with E-state index in [1.54, 1.807) is 0 Å². The molecule has 0 aromatic rings. The number of hydrogen-bond donors (Lipinski definition) is 2. The van der Waals surface area contributed by atoms with Gasteiger partial charge in [-0.05, 0) is 51.0 Å². The summed E-state index contributed by atoms with van der Waals surface area (Å²) >= 11 is 0. The van der Waals surface area contributed by atoms with Crippen LogP contribution in [0.25, 0.3) is 0 Å². The third kappa shape index (κ3) is 3.34. The van der Waals surface area contributed by atoms with Crippen LogP contribution >= 0.6 is 0 Å². The Bertz CT molecular complexity index is 347. The summed E-state index contributed by atoms with van der Waals surface area (Å²) in [6.45, 7) is 2.43. The van der Waals surface area contributed by atoms with Gasteiger partial charge in [-0.25, -0.2) is 0 Å². The predicted octanol–water partition coefficient (Wildman–Crippen LogP) is 1.64. The van der Waals surface area contributed by atoms with Gasteiger partial charge in [-0.15, -0.1) is 0 Å². The Morgan fingerprint density at radius 3 is 2.80 bits per heavy atom. The highest BCUT2D eigenvalue weighted by molar-refractivity contribution is 5.76. The van der Waals surface area contributed by atoms with E-state index in [0.29, 0.717) is 18.4 Å². The Balaban J connectivity index is 1.44. The molecular formula is C16H29N3O. The van der Waals surface area contributed by atoms with Gasteiger partial charge < -0.3 is 16.0 Å². The lowest BCUT2D eigenvalue weighted by molar-refractivity contribution is -0.123. The van der Waals surface area contributed by atoms with Crippen LogP contribution in [-0.2, 0) is 4.79 Å². The quantitative estimate of drug-likeness (QED) is 0.825. The lowest BCUT2D eigenvalue weighted by atomic mass is 9.82. The largest absolute Gasteiger partial charge is 0.353 e. The standard InChI is InChI=1S/C16H29N3O/c17-15-6-2-1-4-12(15)10-16(20)18-13-7-9-19-8-3-5-14(19)11-13/h12-15H,1-11,17H2,(H,18,20). The molecule has 0 spiro atoms. The third-order valence-electron chi connectivity index (χ3n) is 5.60. The van der Waals surface area contributed by atoms with Gasteiger partial charge in [-0.2, -0.15) is 0 Å². The van der Waals surface area contributed by atoms with Gasteiger partial charge in [0.05, 0.1) is 0 Å². The zero-order chi connectivity index (χ0) is 13.9. The molecule has 3 N–H and O–H groups in total. The van der Waals surface area contributed by atoms with Crippen LogP contribution in [0, 0.1) is 5.92 Å². The molecule has 1 saturated carbocycles. The number of fused-ring (bicyclic) bond motifs is 1. The minimum absolute atomic E-state index is 0.240. The molecule has 3 rings (SSSR count). The maximum atomic E-state index is 12.2. The average molecular weight is 279 g/mol. The maximum Gasteiger partial charge on any atom is 0.220 e. The fourth-order valence-electron chi connectivity index (χ4n) is 4.37. The number of hydrogen-bond acceptors (Lipinski definition) is 3. The molecule has 1 aliphatic carbocycles. The fraction of sp³-hybridized carbons (Fsp3) is 0.938. The van der Waals surface area contributed by atoms with Crippen molar-refractivity contribution in [3.63, 3.8) is 0 Å². The van der Waals surface area contributed by atoms with Gasteiger partial charge in [0, 0.05) is 31.1 Å². The number of rotatable bonds is 3. The van der Waals surface area contributed by atoms with Gasteiger partial charge in [-0.1, -0.05) is 12.8 Å². The highest BCUT2D eigenvalue weighted by Crippen LogP contribution is 2.28. The van der Waals surface area contributed by atoms with Crippen LogP contribution in [0.1, 0.15) is 57.8 Å². The average Bonchev–Trinajstić information content (AvgIpc) is 2.89. The number of nitrogens with two attached hydrogens (primary N) is 1. The van der Waals surface area contributed by atoms with Crippen molar-refractivity contribution in [2.75, 3.05) is 13.1 Å². The molecule has 3 fully saturated rings. The highest BCUT2D eigenvalue weighted by atomic mass is 16.1. The van der Waals surface area contributed by atoms with Crippen molar-refractivity contribution in [1.82, 2.24) is 10.2 Å². The van der Waals surface area contributed by atoms with Crippen molar-refractivity contribution in [3.05, 3.63) is 0 Å². The van der Waals surface area contributed by atoms with E-state index in [1.165, 1.54) is 38.8 Å². The molecule has 4 heteroatoms. The summed E-state index contributed by atoms with van der Waals surface area (Å²) < 4.78 is 0. The number of piperidine rings is 1. The zero-order valence-corrected chi connectivity index (χ0v) is 12.5. The molecule has 1 amide bonds. The Hall–Kier alpha value is -0.610. The SMILES string of the molecule is NC1CCCCC1CC(=O)NC1CCN2CCCC2C1. The van der Waals surface area contributed by atoms with Gasteiger partial charge in [0.15, 0.2) is 0 Å². The number of amides is 1. The van der Waals surface area contributed by atoms with Crippen molar-refractivity contribution in [2.24, 2.45) is 11.7 Å². The van der Waals surface area contributed by atoms with Gasteiger partial charge in [0.2, 0.25) is 5.91 Å². The van der Waals surface area contributed by atoms with Crippen molar-refractivity contribution < 1.29 is 4.79 Å². The van der Waals surface area contributed by atoms with Crippen molar-refractivity contribution in [3.8, 4) is 0 Å². The number of carbonyl (C=O) groups is 1. The maximum absolute atomic E-state index is 12.2. The molecule has 3 aliphatic rings. The summed E-state index contributed by atoms with van der Waals surface area (Å²) in [7, 11) is 0. The Morgan fingerprint density at radius 2 is 1.95 bits per heavy atom. The van der Waals surface area contributed by atoms with E-state index in [2.05, 4.69) is 10.2 Å².